The zero-order valence-corrected chi connectivity index (χ0v) is 12.0. The topological polar surface area (TPSA) is 92.0 Å². The highest BCUT2D eigenvalue weighted by Gasteiger charge is 2.11. The van der Waals surface area contributed by atoms with Crippen molar-refractivity contribution in [3.05, 3.63) is 59.9 Å². The van der Waals surface area contributed by atoms with Crippen LogP contribution in [0.1, 0.15) is 16.1 Å². The smallest absolute Gasteiger partial charge is 0.269 e. The summed E-state index contributed by atoms with van der Waals surface area (Å²) in [4.78, 5) is 19.1. The van der Waals surface area contributed by atoms with Crippen LogP contribution in [0, 0.1) is 6.92 Å². The molecule has 0 aliphatic heterocycles. The second-order valence-corrected chi connectivity index (χ2v) is 5.07. The number of aromatic hydroxyl groups is 1. The van der Waals surface area contributed by atoms with Gasteiger partial charge in [-0.15, -0.1) is 0 Å². The molecule has 3 aromatic rings. The SMILES string of the molecule is Cc1ccc(O)c[nH]c2c(C(N)=O)nc3ccccc3c2c1. The molecule has 2 heterocycles. The summed E-state index contributed by atoms with van der Waals surface area (Å²) in [5.41, 5.74) is 7.71. The molecule has 0 atom stereocenters. The third-order valence-electron chi connectivity index (χ3n) is 3.42. The number of pyridine rings is 1. The molecule has 0 radical (unpaired) electrons. The van der Waals surface area contributed by atoms with Crippen molar-refractivity contribution in [1.29, 1.82) is 0 Å². The number of carbonyl (C=O) groups excluding carboxylic acids is 1. The molecule has 3 rings (SSSR count). The average molecular weight is 293 g/mol. The minimum absolute atomic E-state index is 0.0455. The monoisotopic (exact) mass is 293 g/mol. The van der Waals surface area contributed by atoms with Crippen LogP contribution < -0.4 is 5.73 Å². The number of hydrogen-bond acceptors (Lipinski definition) is 3. The van der Waals surface area contributed by atoms with Crippen molar-refractivity contribution in [1.82, 2.24) is 9.97 Å². The summed E-state index contributed by atoms with van der Waals surface area (Å²) in [5.74, 6) is -0.579. The van der Waals surface area contributed by atoms with E-state index in [1.807, 2.05) is 37.3 Å². The van der Waals surface area contributed by atoms with E-state index in [1.165, 1.54) is 6.20 Å². The normalized spacial score (nSPS) is 10.6. The maximum atomic E-state index is 11.8. The third kappa shape index (κ3) is 2.44. The molecule has 0 aliphatic rings. The van der Waals surface area contributed by atoms with Gasteiger partial charge in [0.1, 0.15) is 5.75 Å². The Morgan fingerprint density at radius 2 is 1.95 bits per heavy atom. The number of hydrogen-bond donors (Lipinski definition) is 3. The van der Waals surface area contributed by atoms with Gasteiger partial charge in [-0.25, -0.2) is 4.98 Å². The van der Waals surface area contributed by atoms with Gasteiger partial charge in [0.25, 0.3) is 5.91 Å². The number of amides is 1. The first-order valence-electron chi connectivity index (χ1n) is 6.81. The van der Waals surface area contributed by atoms with Crippen molar-refractivity contribution in [2.75, 3.05) is 0 Å². The molecule has 22 heavy (non-hydrogen) atoms. The lowest BCUT2D eigenvalue weighted by molar-refractivity contribution is 0.0997. The third-order valence-corrected chi connectivity index (χ3v) is 3.42. The summed E-state index contributed by atoms with van der Waals surface area (Å²) < 4.78 is 0. The Morgan fingerprint density at radius 3 is 2.73 bits per heavy atom. The van der Waals surface area contributed by atoms with E-state index in [2.05, 4.69) is 9.97 Å². The lowest BCUT2D eigenvalue weighted by atomic mass is 10.1. The van der Waals surface area contributed by atoms with Crippen molar-refractivity contribution < 1.29 is 9.90 Å². The number of nitrogens with one attached hydrogen (secondary N) is 1. The lowest BCUT2D eigenvalue weighted by Gasteiger charge is -2.05. The van der Waals surface area contributed by atoms with Crippen molar-refractivity contribution in [2.45, 2.75) is 6.92 Å². The maximum Gasteiger partial charge on any atom is 0.269 e. The standard InChI is InChI=1S/C17H15N3O2/c1-10-6-7-11(21)9-19-15-13(8-10)12-4-2-3-5-14(12)20-16(15)17(18)22/h2-9,19,21H,1H3,(H2,18,22). The van der Waals surface area contributed by atoms with Gasteiger partial charge in [0, 0.05) is 17.0 Å². The molecule has 0 saturated heterocycles. The van der Waals surface area contributed by atoms with Crippen molar-refractivity contribution in [2.24, 2.45) is 5.73 Å². The van der Waals surface area contributed by atoms with E-state index in [4.69, 9.17) is 5.73 Å². The second-order valence-electron chi connectivity index (χ2n) is 5.07. The minimum Gasteiger partial charge on any atom is -0.506 e. The Bertz CT molecular complexity index is 943. The molecule has 0 spiro atoms. The number of rotatable bonds is 1. The summed E-state index contributed by atoms with van der Waals surface area (Å²) in [6.07, 6.45) is 1.41. The highest BCUT2D eigenvalue weighted by molar-refractivity contribution is 6.12. The second kappa shape index (κ2) is 5.37. The van der Waals surface area contributed by atoms with Gasteiger partial charge in [-0.05, 0) is 25.1 Å². The number of aryl methyl sites for hydroxylation is 1. The highest BCUT2D eigenvalue weighted by Crippen LogP contribution is 2.24. The van der Waals surface area contributed by atoms with Gasteiger partial charge in [0.2, 0.25) is 0 Å². The highest BCUT2D eigenvalue weighted by atomic mass is 16.3. The number of primary amides is 1. The Morgan fingerprint density at radius 1 is 1.18 bits per heavy atom. The Labute approximate surface area is 126 Å². The van der Waals surface area contributed by atoms with Gasteiger partial charge in [0.15, 0.2) is 5.69 Å². The van der Waals surface area contributed by atoms with Crippen molar-refractivity contribution in [3.63, 3.8) is 0 Å². The van der Waals surface area contributed by atoms with Crippen LogP contribution in [-0.2, 0) is 0 Å². The molecule has 5 nitrogen and oxygen atoms in total. The molecule has 1 aromatic carbocycles. The molecule has 1 amide bonds. The van der Waals surface area contributed by atoms with Crippen LogP contribution in [0.25, 0.3) is 21.8 Å². The number of para-hydroxylation sites is 1. The fourth-order valence-electron chi connectivity index (χ4n) is 2.40. The minimum atomic E-state index is -0.624. The summed E-state index contributed by atoms with van der Waals surface area (Å²) in [6, 6.07) is 12.8. The van der Waals surface area contributed by atoms with Gasteiger partial charge < -0.3 is 15.8 Å². The van der Waals surface area contributed by atoms with E-state index in [9.17, 15) is 9.90 Å². The fraction of sp³-hybridized carbons (Fsp3) is 0.0588. The zero-order valence-electron chi connectivity index (χ0n) is 12.0. The van der Waals surface area contributed by atoms with E-state index in [0.29, 0.717) is 11.0 Å². The van der Waals surface area contributed by atoms with Gasteiger partial charge >= 0.3 is 0 Å². The Balaban J connectivity index is 2.64. The predicted molar refractivity (Wildman–Crippen MR) is 86.1 cm³/mol. The Kier molecular flexibility index (Phi) is 3.39. The number of aromatic nitrogens is 2. The maximum absolute atomic E-state index is 11.8. The first-order chi connectivity index (χ1) is 10.6. The van der Waals surface area contributed by atoms with E-state index in [1.54, 1.807) is 12.1 Å². The first-order valence-corrected chi connectivity index (χ1v) is 6.81. The molecule has 110 valence electrons. The first kappa shape index (κ1) is 13.9. The Hall–Kier alpha value is -3.08. The summed E-state index contributed by atoms with van der Waals surface area (Å²) in [7, 11) is 0. The number of fused-ring (bicyclic) bond motifs is 3. The van der Waals surface area contributed by atoms with Crippen LogP contribution in [0.4, 0.5) is 0 Å². The summed E-state index contributed by atoms with van der Waals surface area (Å²) >= 11 is 0. The van der Waals surface area contributed by atoms with Gasteiger partial charge in [-0.3, -0.25) is 4.79 Å². The lowest BCUT2D eigenvalue weighted by Crippen LogP contribution is -2.14. The van der Waals surface area contributed by atoms with E-state index in [0.717, 1.165) is 16.3 Å². The van der Waals surface area contributed by atoms with Crippen LogP contribution in [0.2, 0.25) is 0 Å². The molecule has 0 saturated carbocycles. The number of carbonyl (C=O) groups is 1. The largest absolute Gasteiger partial charge is 0.506 e. The average Bonchev–Trinajstić information content (AvgIpc) is 2.57. The number of H-pyrrole nitrogens is 1. The molecular formula is C17H15N3O2. The number of nitrogens with zero attached hydrogens (tertiary/aromatic N) is 1. The van der Waals surface area contributed by atoms with Crippen LogP contribution in [-0.4, -0.2) is 21.0 Å². The molecular weight excluding hydrogens is 278 g/mol. The molecule has 4 N–H and O–H groups in total. The van der Waals surface area contributed by atoms with Crippen LogP contribution >= 0.6 is 0 Å². The summed E-state index contributed by atoms with van der Waals surface area (Å²) in [5, 5.41) is 11.5. The summed E-state index contributed by atoms with van der Waals surface area (Å²) in [6.45, 7) is 1.91. The van der Waals surface area contributed by atoms with Crippen LogP contribution in [0.3, 0.4) is 0 Å². The molecule has 0 fully saturated rings. The number of benzene rings is 1. The molecule has 0 bridgehead atoms. The van der Waals surface area contributed by atoms with Crippen molar-refractivity contribution >= 4 is 27.7 Å². The fourth-order valence-corrected chi connectivity index (χ4v) is 2.40. The molecule has 0 unspecified atom stereocenters. The predicted octanol–water partition coefficient (Wildman–Crippen LogP) is 2.95. The molecule has 0 aliphatic carbocycles. The van der Waals surface area contributed by atoms with Crippen LogP contribution in [0.5, 0.6) is 5.75 Å². The number of nitrogens with two attached hydrogens (primary N) is 1. The van der Waals surface area contributed by atoms with Gasteiger partial charge in [-0.2, -0.15) is 0 Å². The zero-order chi connectivity index (χ0) is 15.7. The van der Waals surface area contributed by atoms with Crippen molar-refractivity contribution in [3.8, 4) is 5.75 Å². The van der Waals surface area contributed by atoms with Crippen LogP contribution in [0.15, 0.2) is 48.7 Å². The van der Waals surface area contributed by atoms with E-state index < -0.39 is 5.91 Å². The number of aromatic amines is 1. The quantitative estimate of drug-likeness (QED) is 0.644. The molecule has 2 aromatic heterocycles. The van der Waals surface area contributed by atoms with E-state index >= 15 is 0 Å². The molecule has 5 heteroatoms. The van der Waals surface area contributed by atoms with Gasteiger partial charge in [0.05, 0.1) is 11.0 Å². The van der Waals surface area contributed by atoms with E-state index in [-0.39, 0.29) is 11.4 Å². The van der Waals surface area contributed by atoms with Gasteiger partial charge in [-0.1, -0.05) is 29.8 Å².